The molecule has 5 fully saturated rings. The molecule has 0 heterocycles. The van der Waals surface area contributed by atoms with Crippen molar-refractivity contribution in [1.82, 2.24) is 0 Å². The van der Waals surface area contributed by atoms with Crippen LogP contribution in [0.15, 0.2) is 0 Å². The quantitative estimate of drug-likeness (QED) is 0.820. The van der Waals surface area contributed by atoms with Crippen LogP contribution in [-0.2, 0) is 4.74 Å². The van der Waals surface area contributed by atoms with E-state index < -0.39 is 6.10 Å². The second-order valence-electron chi connectivity index (χ2n) is 8.98. The van der Waals surface area contributed by atoms with Crippen molar-refractivity contribution < 1.29 is 9.84 Å². The molecule has 0 saturated heterocycles. The Hall–Kier alpha value is -0.120. The average Bonchev–Trinajstić information content (AvgIpc) is 2.51. The van der Waals surface area contributed by atoms with Crippen LogP contribution in [0.3, 0.4) is 0 Å². The minimum absolute atomic E-state index is 0.308. The fourth-order valence-corrected chi connectivity index (χ4v) is 6.83. The second-order valence-corrected chi connectivity index (χ2v) is 8.98. The van der Waals surface area contributed by atoms with Crippen molar-refractivity contribution in [3.8, 4) is 0 Å². The lowest BCUT2D eigenvalue weighted by atomic mass is 9.45. The van der Waals surface area contributed by atoms with Crippen LogP contribution in [0.25, 0.3) is 0 Å². The van der Waals surface area contributed by atoms with Crippen molar-refractivity contribution in [3.63, 3.8) is 0 Å². The van der Waals surface area contributed by atoms with Crippen LogP contribution >= 0.6 is 0 Å². The molecule has 0 aromatic heterocycles. The molecule has 3 nitrogen and oxygen atoms in total. The molecule has 5 rings (SSSR count). The molecule has 5 aliphatic rings. The maximum absolute atomic E-state index is 9.54. The first-order valence-electron chi connectivity index (χ1n) is 9.66. The average molecular weight is 307 g/mol. The minimum Gasteiger partial charge on any atom is -0.389 e. The summed E-state index contributed by atoms with van der Waals surface area (Å²) in [5, 5.41) is 9.54. The van der Waals surface area contributed by atoms with Gasteiger partial charge in [-0.25, -0.2) is 0 Å². The van der Waals surface area contributed by atoms with E-state index in [0.717, 1.165) is 29.1 Å². The highest BCUT2D eigenvalue weighted by atomic mass is 16.5. The molecule has 1 unspecified atom stereocenters. The van der Waals surface area contributed by atoms with Gasteiger partial charge in [-0.1, -0.05) is 0 Å². The van der Waals surface area contributed by atoms with Gasteiger partial charge in [-0.15, -0.1) is 0 Å². The highest BCUT2D eigenvalue weighted by Crippen LogP contribution is 2.64. The van der Waals surface area contributed by atoms with Crippen molar-refractivity contribution in [3.05, 3.63) is 0 Å². The smallest absolute Gasteiger partial charge is 0.0895 e. The Balaban J connectivity index is 1.32. The zero-order valence-corrected chi connectivity index (χ0v) is 13.9. The van der Waals surface area contributed by atoms with Gasteiger partial charge in [0.15, 0.2) is 0 Å². The first kappa shape index (κ1) is 15.4. The predicted molar refractivity (Wildman–Crippen MR) is 87.4 cm³/mol. The topological polar surface area (TPSA) is 55.5 Å². The van der Waals surface area contributed by atoms with Gasteiger partial charge in [0.05, 0.1) is 18.8 Å². The largest absolute Gasteiger partial charge is 0.389 e. The van der Waals surface area contributed by atoms with Gasteiger partial charge >= 0.3 is 0 Å². The van der Waals surface area contributed by atoms with Crippen molar-refractivity contribution in [2.45, 2.75) is 76.4 Å². The fraction of sp³-hybridized carbons (Fsp3) is 1.00. The lowest BCUT2D eigenvalue weighted by molar-refractivity contribution is -0.108. The summed E-state index contributed by atoms with van der Waals surface area (Å²) in [4.78, 5) is 0. The normalized spacial score (nSPS) is 48.5. The van der Waals surface area contributed by atoms with E-state index in [9.17, 15) is 5.11 Å². The molecule has 0 aliphatic heterocycles. The van der Waals surface area contributed by atoms with Crippen molar-refractivity contribution in [2.75, 3.05) is 13.2 Å². The van der Waals surface area contributed by atoms with E-state index in [1.807, 2.05) is 0 Å². The number of hydrogen-bond donors (Lipinski definition) is 2. The summed E-state index contributed by atoms with van der Waals surface area (Å²) in [5.74, 6) is 4.17. The van der Waals surface area contributed by atoms with Crippen LogP contribution in [0.2, 0.25) is 0 Å². The van der Waals surface area contributed by atoms with Gasteiger partial charge in [-0.3, -0.25) is 0 Å². The van der Waals surface area contributed by atoms with E-state index in [1.54, 1.807) is 38.5 Å². The van der Waals surface area contributed by atoms with Crippen LogP contribution in [0.1, 0.15) is 64.2 Å². The molecular weight excluding hydrogens is 274 g/mol. The van der Waals surface area contributed by atoms with E-state index >= 15 is 0 Å². The Labute approximate surface area is 135 Å². The maximum Gasteiger partial charge on any atom is 0.0895 e. The predicted octanol–water partition coefficient (Wildman–Crippen LogP) is 3.10. The Morgan fingerprint density at radius 1 is 0.955 bits per heavy atom. The molecule has 1 atom stereocenters. The Bertz CT molecular complexity index is 354. The first-order chi connectivity index (χ1) is 10.7. The monoisotopic (exact) mass is 307 g/mol. The molecule has 5 aliphatic carbocycles. The summed E-state index contributed by atoms with van der Waals surface area (Å²) in [7, 11) is 0. The molecule has 0 aromatic rings. The summed E-state index contributed by atoms with van der Waals surface area (Å²) in [6.45, 7) is 0.728. The SMILES string of the molecule is NCC(O)COC1CCC(C23CC4CC(CC(C4)C2)C3)CC1. The molecule has 22 heavy (non-hydrogen) atoms. The van der Waals surface area contributed by atoms with E-state index in [0.29, 0.717) is 19.3 Å². The third kappa shape index (κ3) is 2.85. The molecule has 0 aromatic carbocycles. The number of rotatable bonds is 5. The van der Waals surface area contributed by atoms with Crippen molar-refractivity contribution >= 4 is 0 Å². The van der Waals surface area contributed by atoms with Gasteiger partial charge in [0.1, 0.15) is 0 Å². The highest BCUT2D eigenvalue weighted by molar-refractivity contribution is 5.04. The minimum atomic E-state index is -0.485. The molecule has 0 radical (unpaired) electrons. The molecular formula is C19H33NO2. The maximum atomic E-state index is 9.54. The van der Waals surface area contributed by atoms with Crippen LogP contribution < -0.4 is 5.73 Å². The summed E-state index contributed by atoms with van der Waals surface area (Å²) in [6.07, 6.45) is 14.3. The summed E-state index contributed by atoms with van der Waals surface area (Å²) >= 11 is 0. The zero-order valence-electron chi connectivity index (χ0n) is 13.9. The van der Waals surface area contributed by atoms with Crippen LogP contribution in [-0.4, -0.2) is 30.5 Å². The van der Waals surface area contributed by atoms with Gasteiger partial charge in [-0.2, -0.15) is 0 Å². The van der Waals surface area contributed by atoms with E-state index in [2.05, 4.69) is 0 Å². The zero-order chi connectivity index (χ0) is 15.2. The third-order valence-electron chi connectivity index (χ3n) is 7.42. The van der Waals surface area contributed by atoms with Crippen LogP contribution in [0.5, 0.6) is 0 Å². The van der Waals surface area contributed by atoms with Crippen LogP contribution in [0, 0.1) is 29.1 Å². The summed E-state index contributed by atoms with van der Waals surface area (Å²) < 4.78 is 5.87. The molecule has 0 spiro atoms. The van der Waals surface area contributed by atoms with E-state index in [1.165, 1.54) is 25.7 Å². The van der Waals surface area contributed by atoms with Gasteiger partial charge in [0.25, 0.3) is 0 Å². The second kappa shape index (κ2) is 6.07. The van der Waals surface area contributed by atoms with Gasteiger partial charge in [0.2, 0.25) is 0 Å². The Morgan fingerprint density at radius 2 is 1.50 bits per heavy atom. The molecule has 5 saturated carbocycles. The molecule has 0 amide bonds. The number of aliphatic hydroxyl groups is 1. The Kier molecular flexibility index (Phi) is 4.25. The van der Waals surface area contributed by atoms with E-state index in [4.69, 9.17) is 10.5 Å². The molecule has 3 heteroatoms. The Morgan fingerprint density at radius 3 is 2.00 bits per heavy atom. The number of nitrogens with two attached hydrogens (primary N) is 1. The van der Waals surface area contributed by atoms with Crippen molar-refractivity contribution in [1.29, 1.82) is 0 Å². The number of ether oxygens (including phenoxy) is 1. The molecule has 3 N–H and O–H groups in total. The van der Waals surface area contributed by atoms with Crippen molar-refractivity contribution in [2.24, 2.45) is 34.8 Å². The summed E-state index contributed by atoms with van der Waals surface area (Å²) in [5.41, 5.74) is 6.17. The molecule has 4 bridgehead atoms. The highest BCUT2D eigenvalue weighted by Gasteiger charge is 2.54. The van der Waals surface area contributed by atoms with Gasteiger partial charge < -0.3 is 15.6 Å². The lowest BCUT2D eigenvalue weighted by Crippen LogP contribution is -2.50. The lowest BCUT2D eigenvalue weighted by Gasteiger charge is -2.60. The van der Waals surface area contributed by atoms with Gasteiger partial charge in [0, 0.05) is 6.54 Å². The fourth-order valence-electron chi connectivity index (χ4n) is 6.83. The van der Waals surface area contributed by atoms with Gasteiger partial charge in [-0.05, 0) is 93.3 Å². The molecule has 126 valence electrons. The summed E-state index contributed by atoms with van der Waals surface area (Å²) in [6, 6.07) is 0. The first-order valence-corrected chi connectivity index (χ1v) is 9.66. The third-order valence-corrected chi connectivity index (χ3v) is 7.42. The van der Waals surface area contributed by atoms with E-state index in [-0.39, 0.29) is 0 Å². The number of hydrogen-bond acceptors (Lipinski definition) is 3. The standard InChI is InChI=1S/C19H33NO2/c20-11-17(21)12-22-18-3-1-16(2-4-18)19-8-13-5-14(9-19)7-15(6-13)10-19/h13-18,21H,1-12,20H2. The number of aliphatic hydroxyl groups excluding tert-OH is 1. The van der Waals surface area contributed by atoms with Crippen LogP contribution in [0.4, 0.5) is 0 Å².